The van der Waals surface area contributed by atoms with Gasteiger partial charge in [0.25, 0.3) is 5.69 Å². The van der Waals surface area contributed by atoms with Crippen LogP contribution in [0.4, 0.5) is 11.4 Å². The van der Waals surface area contributed by atoms with Crippen molar-refractivity contribution in [3.05, 3.63) is 63.2 Å². The molecule has 1 heterocycles. The molecular weight excluding hydrogens is 360 g/mol. The number of nitrogens with one attached hydrogen (secondary N) is 1. The Bertz CT molecular complexity index is 988. The van der Waals surface area contributed by atoms with E-state index in [4.69, 9.17) is 11.6 Å². The Morgan fingerprint density at radius 2 is 2.08 bits per heavy atom. The predicted octanol–water partition coefficient (Wildman–Crippen LogP) is 2.85. The van der Waals surface area contributed by atoms with Crippen LogP contribution in [0.15, 0.2) is 42.5 Å². The molecule has 0 unspecified atom stereocenters. The molecule has 0 atom stereocenters. The largest absolute Gasteiger partial charge is 0.323 e. The topological polar surface area (TPSA) is 116 Å². The highest BCUT2D eigenvalue weighted by Crippen LogP contribution is 2.26. The van der Waals surface area contributed by atoms with Crippen LogP contribution in [0.1, 0.15) is 5.56 Å². The molecule has 3 aromatic rings. The van der Waals surface area contributed by atoms with Gasteiger partial charge in [0, 0.05) is 17.7 Å². The van der Waals surface area contributed by atoms with Gasteiger partial charge in [-0.1, -0.05) is 35.9 Å². The van der Waals surface area contributed by atoms with E-state index < -0.39 is 10.8 Å². The smallest absolute Gasteiger partial charge is 0.271 e. The number of anilines is 1. The summed E-state index contributed by atoms with van der Waals surface area (Å²) in [6, 6.07) is 11.3. The summed E-state index contributed by atoms with van der Waals surface area (Å²) in [5, 5.41) is 25.5. The minimum absolute atomic E-state index is 0.144. The van der Waals surface area contributed by atoms with Crippen LogP contribution in [-0.4, -0.2) is 31.0 Å². The van der Waals surface area contributed by atoms with Gasteiger partial charge in [0.05, 0.1) is 15.6 Å². The number of halogens is 1. The molecule has 9 nitrogen and oxygen atoms in total. The Labute approximate surface area is 152 Å². The second-order valence-corrected chi connectivity index (χ2v) is 5.84. The lowest BCUT2D eigenvalue weighted by molar-refractivity contribution is -0.384. The van der Waals surface area contributed by atoms with E-state index >= 15 is 0 Å². The summed E-state index contributed by atoms with van der Waals surface area (Å²) in [6.45, 7) is 1.71. The third kappa shape index (κ3) is 3.83. The van der Waals surface area contributed by atoms with Gasteiger partial charge in [0.15, 0.2) is 0 Å². The minimum Gasteiger partial charge on any atom is -0.323 e. The van der Waals surface area contributed by atoms with Crippen LogP contribution in [0.5, 0.6) is 0 Å². The van der Waals surface area contributed by atoms with Crippen molar-refractivity contribution in [3.8, 4) is 11.4 Å². The Balaban J connectivity index is 1.73. The van der Waals surface area contributed by atoms with Gasteiger partial charge in [0.2, 0.25) is 11.7 Å². The summed E-state index contributed by atoms with van der Waals surface area (Å²) < 4.78 is 0. The minimum atomic E-state index is -0.570. The molecule has 1 amide bonds. The number of amides is 1. The zero-order valence-corrected chi connectivity index (χ0v) is 14.3. The first-order valence-electron chi connectivity index (χ1n) is 7.51. The quantitative estimate of drug-likeness (QED) is 0.543. The van der Waals surface area contributed by atoms with E-state index in [-0.39, 0.29) is 22.9 Å². The lowest BCUT2D eigenvalue weighted by Gasteiger charge is -2.06. The number of aromatic nitrogens is 4. The number of hydrogen-bond acceptors (Lipinski definition) is 6. The van der Waals surface area contributed by atoms with Crippen LogP contribution < -0.4 is 5.32 Å². The van der Waals surface area contributed by atoms with Crippen molar-refractivity contribution in [1.29, 1.82) is 0 Å². The highest BCUT2D eigenvalue weighted by molar-refractivity contribution is 6.33. The maximum Gasteiger partial charge on any atom is 0.271 e. The maximum atomic E-state index is 12.2. The first kappa shape index (κ1) is 17.5. The molecule has 132 valence electrons. The van der Waals surface area contributed by atoms with Crippen molar-refractivity contribution < 1.29 is 9.72 Å². The van der Waals surface area contributed by atoms with Gasteiger partial charge in [-0.15, -0.1) is 10.2 Å². The number of nitro groups is 1. The lowest BCUT2D eigenvalue weighted by atomic mass is 10.1. The number of aryl methyl sites for hydroxylation is 1. The molecule has 0 spiro atoms. The average molecular weight is 373 g/mol. The molecule has 0 aliphatic rings. The first-order chi connectivity index (χ1) is 12.4. The number of carbonyl (C=O) groups is 1. The fourth-order valence-corrected chi connectivity index (χ4v) is 2.45. The number of hydrogen-bond donors (Lipinski definition) is 1. The summed E-state index contributed by atoms with van der Waals surface area (Å²) >= 11 is 5.96. The summed E-state index contributed by atoms with van der Waals surface area (Å²) in [4.78, 5) is 23.6. The highest BCUT2D eigenvalue weighted by Gasteiger charge is 2.14. The lowest BCUT2D eigenvalue weighted by Crippen LogP contribution is -2.20. The molecule has 0 saturated carbocycles. The van der Waals surface area contributed by atoms with Crippen molar-refractivity contribution in [1.82, 2.24) is 20.2 Å². The van der Waals surface area contributed by atoms with Crippen LogP contribution in [0.2, 0.25) is 5.02 Å². The van der Waals surface area contributed by atoms with E-state index in [2.05, 4.69) is 20.7 Å². The summed E-state index contributed by atoms with van der Waals surface area (Å²) in [6.07, 6.45) is 0. The molecular formula is C16H13ClN6O3. The number of nitrogens with zero attached hydrogens (tertiary/aromatic N) is 5. The van der Waals surface area contributed by atoms with Crippen molar-refractivity contribution in [2.45, 2.75) is 13.5 Å². The van der Waals surface area contributed by atoms with Crippen molar-refractivity contribution >= 4 is 28.9 Å². The Hall–Kier alpha value is -3.33. The van der Waals surface area contributed by atoms with E-state index in [9.17, 15) is 14.9 Å². The molecule has 26 heavy (non-hydrogen) atoms. The van der Waals surface area contributed by atoms with Gasteiger partial charge in [0.1, 0.15) is 6.54 Å². The summed E-state index contributed by atoms with van der Waals surface area (Å²) in [5.74, 6) is -0.0783. The summed E-state index contributed by atoms with van der Waals surface area (Å²) in [7, 11) is 0. The highest BCUT2D eigenvalue weighted by atomic mass is 35.5. The molecule has 0 radical (unpaired) electrons. The van der Waals surface area contributed by atoms with Crippen molar-refractivity contribution in [2.24, 2.45) is 0 Å². The van der Waals surface area contributed by atoms with Crippen LogP contribution in [0.3, 0.4) is 0 Å². The number of non-ortho nitro benzene ring substituents is 1. The predicted molar refractivity (Wildman–Crippen MR) is 94.7 cm³/mol. The van der Waals surface area contributed by atoms with E-state index in [1.807, 2.05) is 31.2 Å². The average Bonchev–Trinajstić information content (AvgIpc) is 3.05. The SMILES string of the molecule is Cc1ccccc1-c1nnn(CC(=O)Nc2cc([N+](=O)[O-])ccc2Cl)n1. The fraction of sp³-hybridized carbons (Fsp3) is 0.125. The standard InChI is InChI=1S/C16H13ClN6O3/c1-10-4-2-3-5-12(10)16-19-21-22(20-16)9-15(24)18-14-8-11(23(25)26)6-7-13(14)17/h2-8H,9H2,1H3,(H,18,24). The van der Waals surface area contributed by atoms with Crippen LogP contribution in [0, 0.1) is 17.0 Å². The third-order valence-corrected chi connectivity index (χ3v) is 3.89. The van der Waals surface area contributed by atoms with Crippen LogP contribution in [-0.2, 0) is 11.3 Å². The Morgan fingerprint density at radius 1 is 1.31 bits per heavy atom. The second kappa shape index (κ2) is 7.28. The van der Waals surface area contributed by atoms with E-state index in [1.165, 1.54) is 18.2 Å². The van der Waals surface area contributed by atoms with Crippen molar-refractivity contribution in [3.63, 3.8) is 0 Å². The third-order valence-electron chi connectivity index (χ3n) is 3.56. The van der Waals surface area contributed by atoms with E-state index in [1.54, 1.807) is 0 Å². The number of nitro benzene ring substituents is 1. The van der Waals surface area contributed by atoms with Crippen molar-refractivity contribution in [2.75, 3.05) is 5.32 Å². The number of tetrazole rings is 1. The molecule has 1 N–H and O–H groups in total. The van der Waals surface area contributed by atoms with Crippen LogP contribution in [0.25, 0.3) is 11.4 Å². The van der Waals surface area contributed by atoms with Gasteiger partial charge in [-0.05, 0) is 23.8 Å². The second-order valence-electron chi connectivity index (χ2n) is 5.43. The van der Waals surface area contributed by atoms with E-state index in [0.29, 0.717) is 5.82 Å². The molecule has 10 heteroatoms. The van der Waals surface area contributed by atoms with Gasteiger partial charge >= 0.3 is 0 Å². The zero-order chi connectivity index (χ0) is 18.7. The molecule has 0 aliphatic heterocycles. The first-order valence-corrected chi connectivity index (χ1v) is 7.89. The normalized spacial score (nSPS) is 10.5. The molecule has 2 aromatic carbocycles. The molecule has 0 saturated heterocycles. The molecule has 3 rings (SSSR count). The maximum absolute atomic E-state index is 12.2. The van der Waals surface area contributed by atoms with Crippen LogP contribution >= 0.6 is 11.6 Å². The van der Waals surface area contributed by atoms with E-state index in [0.717, 1.165) is 15.9 Å². The Kier molecular flexibility index (Phi) is 4.90. The van der Waals surface area contributed by atoms with Gasteiger partial charge in [-0.2, -0.15) is 4.80 Å². The number of rotatable bonds is 5. The van der Waals surface area contributed by atoms with Gasteiger partial charge in [-0.3, -0.25) is 14.9 Å². The molecule has 0 aliphatic carbocycles. The van der Waals surface area contributed by atoms with Gasteiger partial charge in [-0.25, -0.2) is 0 Å². The van der Waals surface area contributed by atoms with Gasteiger partial charge < -0.3 is 5.32 Å². The monoisotopic (exact) mass is 372 g/mol. The molecule has 0 fully saturated rings. The molecule has 0 bridgehead atoms. The summed E-state index contributed by atoms with van der Waals surface area (Å²) in [5.41, 5.74) is 1.77. The fourth-order valence-electron chi connectivity index (χ4n) is 2.28. The molecule has 1 aromatic heterocycles. The zero-order valence-electron chi connectivity index (χ0n) is 13.6. The number of benzene rings is 2. The number of carbonyl (C=O) groups excluding carboxylic acids is 1. The Morgan fingerprint density at radius 3 is 2.81 bits per heavy atom.